The topological polar surface area (TPSA) is 80.9 Å². The minimum atomic E-state index is -0.399. The number of carbonyl (C=O) groups is 2. The van der Waals surface area contributed by atoms with E-state index in [0.29, 0.717) is 16.9 Å². The number of ether oxygens (including phenoxy) is 1. The van der Waals surface area contributed by atoms with Gasteiger partial charge in [-0.05, 0) is 18.6 Å². The van der Waals surface area contributed by atoms with E-state index in [-0.39, 0.29) is 30.4 Å². The predicted molar refractivity (Wildman–Crippen MR) is 91.9 cm³/mol. The molecule has 0 unspecified atom stereocenters. The van der Waals surface area contributed by atoms with Crippen molar-refractivity contribution in [1.29, 1.82) is 0 Å². The maximum absolute atomic E-state index is 12.4. The van der Waals surface area contributed by atoms with Crippen LogP contribution >= 0.6 is 11.3 Å². The molecule has 0 radical (unpaired) electrons. The van der Waals surface area contributed by atoms with Gasteiger partial charge in [0.15, 0.2) is 4.80 Å². The summed E-state index contributed by atoms with van der Waals surface area (Å²) in [7, 11) is 0. The Morgan fingerprint density at radius 1 is 1.25 bits per heavy atom. The van der Waals surface area contributed by atoms with E-state index >= 15 is 0 Å². The lowest BCUT2D eigenvalue weighted by Gasteiger charge is -2.08. The van der Waals surface area contributed by atoms with Gasteiger partial charge in [0.1, 0.15) is 5.75 Å². The van der Waals surface area contributed by atoms with Crippen molar-refractivity contribution in [3.8, 4) is 11.6 Å². The number of phenols is 1. The second-order valence-electron chi connectivity index (χ2n) is 5.01. The number of rotatable bonds is 5. The molecule has 2 aromatic rings. The molecule has 1 aromatic carbocycles. The fourth-order valence-corrected chi connectivity index (χ4v) is 3.05. The number of hydrogen-bond acceptors (Lipinski definition) is 6. The van der Waals surface area contributed by atoms with Crippen LogP contribution in [0.25, 0.3) is 0 Å². The molecule has 1 N–H and O–H groups in total. The molecule has 6 nitrogen and oxygen atoms in total. The number of benzene rings is 1. The Balaban J connectivity index is 2.66. The van der Waals surface area contributed by atoms with Gasteiger partial charge in [0, 0.05) is 18.9 Å². The highest BCUT2D eigenvalue weighted by atomic mass is 32.1. The molecule has 1 heterocycles. The third kappa shape index (κ3) is 3.91. The summed E-state index contributed by atoms with van der Waals surface area (Å²) in [5.74, 6) is -0.262. The number of esters is 1. The van der Waals surface area contributed by atoms with Crippen molar-refractivity contribution in [2.45, 2.75) is 40.0 Å². The molecule has 0 saturated carbocycles. The van der Waals surface area contributed by atoms with Gasteiger partial charge >= 0.3 is 5.97 Å². The summed E-state index contributed by atoms with van der Waals surface area (Å²) in [6.07, 6.45) is 1.09. The van der Waals surface area contributed by atoms with Crippen molar-refractivity contribution in [1.82, 2.24) is 4.57 Å². The van der Waals surface area contributed by atoms with Crippen LogP contribution in [-0.4, -0.2) is 21.6 Å². The predicted octanol–water partition coefficient (Wildman–Crippen LogP) is 3.42. The Hall–Kier alpha value is -2.41. The highest BCUT2D eigenvalue weighted by molar-refractivity contribution is 7.09. The Labute approximate surface area is 144 Å². The zero-order valence-electron chi connectivity index (χ0n) is 13.9. The molecule has 0 saturated heterocycles. The van der Waals surface area contributed by atoms with E-state index in [4.69, 9.17) is 4.74 Å². The van der Waals surface area contributed by atoms with Crippen LogP contribution in [0.2, 0.25) is 0 Å². The van der Waals surface area contributed by atoms with Gasteiger partial charge in [-0.15, -0.1) is 0 Å². The number of carbonyl (C=O) groups excluding carboxylic acids is 2. The van der Waals surface area contributed by atoms with Crippen LogP contribution in [0.4, 0.5) is 5.69 Å². The summed E-state index contributed by atoms with van der Waals surface area (Å²) in [5.41, 5.74) is 0.518. The summed E-state index contributed by atoms with van der Waals surface area (Å²) in [5, 5.41) is 9.57. The maximum atomic E-state index is 12.4. The Bertz CT molecular complexity index is 820. The quantitative estimate of drug-likeness (QED) is 0.840. The van der Waals surface area contributed by atoms with E-state index in [9.17, 15) is 14.7 Å². The number of aromatic hydroxyl groups is 1. The molecule has 0 aliphatic rings. The van der Waals surface area contributed by atoms with Gasteiger partial charge in [0.25, 0.3) is 0 Å². The lowest BCUT2D eigenvalue weighted by molar-refractivity contribution is -0.134. The van der Waals surface area contributed by atoms with Gasteiger partial charge in [-0.2, -0.15) is 0 Å². The van der Waals surface area contributed by atoms with E-state index in [2.05, 4.69) is 4.99 Å². The van der Waals surface area contributed by atoms with E-state index < -0.39 is 5.97 Å². The van der Waals surface area contributed by atoms with Crippen molar-refractivity contribution in [2.75, 3.05) is 0 Å². The molecule has 0 aliphatic carbocycles. The van der Waals surface area contributed by atoms with Gasteiger partial charge in [-0.3, -0.25) is 9.59 Å². The second kappa shape index (κ2) is 7.92. The summed E-state index contributed by atoms with van der Waals surface area (Å²) in [6.45, 7) is 5.36. The molecular formula is C17H20N2O4S. The summed E-state index contributed by atoms with van der Waals surface area (Å²) < 4.78 is 6.73. The number of aryl methyl sites for hydroxylation is 1. The molecule has 0 spiro atoms. The molecule has 0 fully saturated rings. The van der Waals surface area contributed by atoms with Gasteiger partial charge in [-0.25, -0.2) is 9.56 Å². The lowest BCUT2D eigenvalue weighted by atomic mass is 10.3. The first kappa shape index (κ1) is 17.9. The third-order valence-corrected chi connectivity index (χ3v) is 4.44. The fourth-order valence-electron chi connectivity index (χ4n) is 2.04. The highest BCUT2D eigenvalue weighted by Gasteiger charge is 2.20. The van der Waals surface area contributed by atoms with E-state index in [1.807, 2.05) is 6.92 Å². The Morgan fingerprint density at radius 2 is 2.00 bits per heavy atom. The first-order valence-corrected chi connectivity index (χ1v) is 8.64. The first-order valence-electron chi connectivity index (χ1n) is 7.82. The Morgan fingerprint density at radius 3 is 2.58 bits per heavy atom. The zero-order valence-corrected chi connectivity index (χ0v) is 14.7. The summed E-state index contributed by atoms with van der Waals surface area (Å²) in [6, 6.07) is 6.45. The largest absolute Gasteiger partial charge is 0.508 e. The smallest absolute Gasteiger partial charge is 0.312 e. The molecule has 128 valence electrons. The second-order valence-corrected chi connectivity index (χ2v) is 6.07. The number of thiazole rings is 1. The van der Waals surface area contributed by atoms with E-state index in [0.717, 1.165) is 4.88 Å². The number of aromatic nitrogens is 1. The molecule has 24 heavy (non-hydrogen) atoms. The van der Waals surface area contributed by atoms with Crippen LogP contribution in [-0.2, 0) is 11.2 Å². The summed E-state index contributed by atoms with van der Waals surface area (Å²) >= 11 is 1.30. The van der Waals surface area contributed by atoms with E-state index in [1.165, 1.54) is 22.0 Å². The van der Waals surface area contributed by atoms with Gasteiger partial charge in [-0.1, -0.05) is 38.2 Å². The zero-order chi connectivity index (χ0) is 17.7. The number of nitrogens with zero attached hydrogens (tertiary/aromatic N) is 2. The molecule has 7 heteroatoms. The average molecular weight is 348 g/mol. The normalized spacial score (nSPS) is 11.5. The van der Waals surface area contributed by atoms with Crippen molar-refractivity contribution < 1.29 is 19.4 Å². The number of hydrogen-bond donors (Lipinski definition) is 1. The van der Waals surface area contributed by atoms with Crippen LogP contribution in [0.5, 0.6) is 11.6 Å². The molecule has 1 aromatic heterocycles. The molecule has 2 rings (SSSR count). The van der Waals surface area contributed by atoms with Crippen molar-refractivity contribution >= 4 is 28.9 Å². The van der Waals surface area contributed by atoms with Crippen molar-refractivity contribution in [3.05, 3.63) is 33.9 Å². The van der Waals surface area contributed by atoms with E-state index in [1.54, 1.807) is 32.0 Å². The number of phenolic OH excluding ortho intramolecular Hbond substituents is 1. The minimum Gasteiger partial charge on any atom is -0.508 e. The summed E-state index contributed by atoms with van der Waals surface area (Å²) in [4.78, 5) is 29.7. The van der Waals surface area contributed by atoms with Crippen molar-refractivity contribution in [2.24, 2.45) is 4.99 Å². The molecule has 0 amide bonds. The first-order chi connectivity index (χ1) is 11.5. The fraction of sp³-hybridized carbons (Fsp3) is 0.353. The third-order valence-electron chi connectivity index (χ3n) is 3.27. The lowest BCUT2D eigenvalue weighted by Crippen LogP contribution is -2.24. The molecule has 0 aliphatic heterocycles. The molecule has 0 atom stereocenters. The van der Waals surface area contributed by atoms with Gasteiger partial charge in [0.2, 0.25) is 11.8 Å². The van der Waals surface area contributed by atoms with Crippen LogP contribution in [0.1, 0.15) is 43.3 Å². The minimum absolute atomic E-state index is 0.0922. The van der Waals surface area contributed by atoms with Crippen LogP contribution < -0.4 is 9.54 Å². The van der Waals surface area contributed by atoms with Crippen LogP contribution in [0, 0.1) is 0 Å². The van der Waals surface area contributed by atoms with Crippen LogP contribution in [0.15, 0.2) is 29.3 Å². The van der Waals surface area contributed by atoms with Crippen LogP contribution in [0.3, 0.4) is 0 Å². The molecular weight excluding hydrogens is 328 g/mol. The Kier molecular flexibility index (Phi) is 5.92. The molecule has 0 bridgehead atoms. The SMILES string of the molecule is CCC(=O)Oc1c(CC)sc(=Nc2cccc(O)c2)n1C(=O)CC. The van der Waals surface area contributed by atoms with Gasteiger partial charge in [0.05, 0.1) is 10.6 Å². The average Bonchev–Trinajstić information content (AvgIpc) is 2.91. The van der Waals surface area contributed by atoms with Gasteiger partial charge < -0.3 is 9.84 Å². The van der Waals surface area contributed by atoms with Crippen molar-refractivity contribution in [3.63, 3.8) is 0 Å². The maximum Gasteiger partial charge on any atom is 0.312 e. The standard InChI is InChI=1S/C17H20N2O4S/c1-4-13-16(23-15(22)6-3)19(14(21)5-2)17(24-13)18-11-8-7-9-12(20)10-11/h7-10,20H,4-6H2,1-3H3. The highest BCUT2D eigenvalue weighted by Crippen LogP contribution is 2.25. The monoisotopic (exact) mass is 348 g/mol.